The van der Waals surface area contributed by atoms with Crippen LogP contribution in [-0.2, 0) is 6.54 Å². The maximum atomic E-state index is 4.37. The first-order chi connectivity index (χ1) is 5.42. The van der Waals surface area contributed by atoms with Crippen molar-refractivity contribution in [2.75, 3.05) is 0 Å². The Labute approximate surface area is 67.3 Å². The second-order valence-electron chi connectivity index (χ2n) is 3.20. The van der Waals surface area contributed by atoms with Crippen LogP contribution < -0.4 is 0 Å². The summed E-state index contributed by atoms with van der Waals surface area (Å²) in [6.07, 6.45) is 8.07. The molecule has 1 heterocycles. The maximum absolute atomic E-state index is 4.37. The van der Waals surface area contributed by atoms with E-state index in [1.165, 1.54) is 25.1 Å². The normalized spacial score (nSPS) is 18.3. The zero-order valence-corrected chi connectivity index (χ0v) is 6.95. The SMILES string of the molecule is CCn1ccnc1C1CCC1. The van der Waals surface area contributed by atoms with Gasteiger partial charge in [-0.05, 0) is 19.8 Å². The fraction of sp³-hybridized carbons (Fsp3) is 0.667. The topological polar surface area (TPSA) is 17.8 Å². The van der Waals surface area contributed by atoms with Crippen molar-refractivity contribution < 1.29 is 0 Å². The van der Waals surface area contributed by atoms with Crippen molar-refractivity contribution in [3.8, 4) is 0 Å². The molecule has 0 aliphatic heterocycles. The number of aryl methyl sites for hydroxylation is 1. The van der Waals surface area contributed by atoms with Crippen LogP contribution in [0.3, 0.4) is 0 Å². The van der Waals surface area contributed by atoms with Gasteiger partial charge in [0, 0.05) is 24.9 Å². The van der Waals surface area contributed by atoms with Crippen LogP contribution in [0.2, 0.25) is 0 Å². The first kappa shape index (κ1) is 6.89. The average molecular weight is 150 g/mol. The summed E-state index contributed by atoms with van der Waals surface area (Å²) in [5.41, 5.74) is 0. The van der Waals surface area contributed by atoms with E-state index in [1.807, 2.05) is 6.20 Å². The number of aromatic nitrogens is 2. The summed E-state index contributed by atoms with van der Waals surface area (Å²) in [6.45, 7) is 3.23. The molecule has 2 heteroatoms. The van der Waals surface area contributed by atoms with Crippen LogP contribution in [0.5, 0.6) is 0 Å². The van der Waals surface area contributed by atoms with Gasteiger partial charge in [0.1, 0.15) is 5.82 Å². The van der Waals surface area contributed by atoms with E-state index in [4.69, 9.17) is 0 Å². The first-order valence-electron chi connectivity index (χ1n) is 4.43. The summed E-state index contributed by atoms with van der Waals surface area (Å²) in [4.78, 5) is 4.37. The Kier molecular flexibility index (Phi) is 1.68. The van der Waals surface area contributed by atoms with Gasteiger partial charge in [-0.1, -0.05) is 6.42 Å². The second kappa shape index (κ2) is 2.68. The highest BCUT2D eigenvalue weighted by Gasteiger charge is 2.22. The van der Waals surface area contributed by atoms with Crippen LogP contribution in [0.1, 0.15) is 37.9 Å². The predicted molar refractivity (Wildman–Crippen MR) is 44.5 cm³/mol. The van der Waals surface area contributed by atoms with Crippen LogP contribution in [0, 0.1) is 0 Å². The number of hydrogen-bond acceptors (Lipinski definition) is 1. The van der Waals surface area contributed by atoms with Gasteiger partial charge in [0.05, 0.1) is 0 Å². The Morgan fingerprint density at radius 2 is 2.45 bits per heavy atom. The van der Waals surface area contributed by atoms with E-state index in [1.54, 1.807) is 0 Å². The van der Waals surface area contributed by atoms with Crippen LogP contribution in [-0.4, -0.2) is 9.55 Å². The molecule has 0 bridgehead atoms. The smallest absolute Gasteiger partial charge is 0.111 e. The van der Waals surface area contributed by atoms with Gasteiger partial charge in [0.15, 0.2) is 0 Å². The highest BCUT2D eigenvalue weighted by molar-refractivity contribution is 5.03. The standard InChI is InChI=1S/C9H14N2/c1-2-11-7-6-10-9(11)8-4-3-5-8/h6-8H,2-5H2,1H3. The van der Waals surface area contributed by atoms with E-state index in [0.29, 0.717) is 0 Å². The van der Waals surface area contributed by atoms with Crippen molar-refractivity contribution >= 4 is 0 Å². The van der Waals surface area contributed by atoms with E-state index >= 15 is 0 Å². The molecule has 2 rings (SSSR count). The number of rotatable bonds is 2. The fourth-order valence-electron chi connectivity index (χ4n) is 1.61. The molecule has 0 spiro atoms. The largest absolute Gasteiger partial charge is 0.335 e. The van der Waals surface area contributed by atoms with E-state index < -0.39 is 0 Å². The average Bonchev–Trinajstić information content (AvgIpc) is 2.32. The fourth-order valence-corrected chi connectivity index (χ4v) is 1.61. The third-order valence-corrected chi connectivity index (χ3v) is 2.56. The number of imidazole rings is 1. The summed E-state index contributed by atoms with van der Waals surface area (Å²) < 4.78 is 2.25. The zero-order chi connectivity index (χ0) is 7.68. The van der Waals surface area contributed by atoms with Crippen molar-refractivity contribution in [3.05, 3.63) is 18.2 Å². The molecule has 1 aromatic rings. The van der Waals surface area contributed by atoms with Crippen molar-refractivity contribution in [3.63, 3.8) is 0 Å². The van der Waals surface area contributed by atoms with Crippen molar-refractivity contribution in [2.24, 2.45) is 0 Å². The summed E-state index contributed by atoms with van der Waals surface area (Å²) in [6, 6.07) is 0. The molecule has 60 valence electrons. The van der Waals surface area contributed by atoms with Gasteiger partial charge in [-0.25, -0.2) is 4.98 Å². The van der Waals surface area contributed by atoms with E-state index in [0.717, 1.165) is 12.5 Å². The van der Waals surface area contributed by atoms with E-state index in [9.17, 15) is 0 Å². The molecule has 2 nitrogen and oxygen atoms in total. The predicted octanol–water partition coefficient (Wildman–Crippen LogP) is 2.17. The number of hydrogen-bond donors (Lipinski definition) is 0. The Bertz CT molecular complexity index is 235. The minimum atomic E-state index is 0.768. The number of nitrogens with zero attached hydrogens (tertiary/aromatic N) is 2. The second-order valence-corrected chi connectivity index (χ2v) is 3.20. The van der Waals surface area contributed by atoms with Crippen LogP contribution in [0.4, 0.5) is 0 Å². The lowest BCUT2D eigenvalue weighted by Crippen LogP contribution is -2.14. The molecule has 1 fully saturated rings. The van der Waals surface area contributed by atoms with Gasteiger partial charge in [-0.3, -0.25) is 0 Å². The van der Waals surface area contributed by atoms with Gasteiger partial charge in [0.2, 0.25) is 0 Å². The molecular formula is C9H14N2. The minimum absolute atomic E-state index is 0.768. The van der Waals surface area contributed by atoms with Gasteiger partial charge >= 0.3 is 0 Å². The monoisotopic (exact) mass is 150 g/mol. The zero-order valence-electron chi connectivity index (χ0n) is 6.95. The molecule has 0 radical (unpaired) electrons. The molecule has 0 N–H and O–H groups in total. The van der Waals surface area contributed by atoms with Gasteiger partial charge in [-0.15, -0.1) is 0 Å². The lowest BCUT2D eigenvalue weighted by molar-refractivity contribution is 0.388. The van der Waals surface area contributed by atoms with Crippen LogP contribution in [0.15, 0.2) is 12.4 Å². The third-order valence-electron chi connectivity index (χ3n) is 2.56. The maximum Gasteiger partial charge on any atom is 0.111 e. The van der Waals surface area contributed by atoms with Crippen molar-refractivity contribution in [1.29, 1.82) is 0 Å². The Balaban J connectivity index is 2.20. The van der Waals surface area contributed by atoms with Crippen LogP contribution >= 0.6 is 0 Å². The highest BCUT2D eigenvalue weighted by atomic mass is 15.1. The third kappa shape index (κ3) is 1.06. The lowest BCUT2D eigenvalue weighted by atomic mass is 9.85. The molecule has 1 aliphatic rings. The molecule has 1 saturated carbocycles. The Morgan fingerprint density at radius 1 is 1.64 bits per heavy atom. The molecule has 0 aromatic carbocycles. The molecule has 0 amide bonds. The Morgan fingerprint density at radius 3 is 3.00 bits per heavy atom. The van der Waals surface area contributed by atoms with Gasteiger partial charge in [-0.2, -0.15) is 0 Å². The molecule has 11 heavy (non-hydrogen) atoms. The summed E-state index contributed by atoms with van der Waals surface area (Å²) in [7, 11) is 0. The van der Waals surface area contributed by atoms with E-state index in [-0.39, 0.29) is 0 Å². The summed E-state index contributed by atoms with van der Waals surface area (Å²) in [5, 5.41) is 0. The first-order valence-corrected chi connectivity index (χ1v) is 4.43. The molecule has 0 atom stereocenters. The molecule has 0 unspecified atom stereocenters. The highest BCUT2D eigenvalue weighted by Crippen LogP contribution is 2.35. The minimum Gasteiger partial charge on any atom is -0.335 e. The van der Waals surface area contributed by atoms with Crippen molar-refractivity contribution in [2.45, 2.75) is 38.6 Å². The quantitative estimate of drug-likeness (QED) is 0.631. The van der Waals surface area contributed by atoms with Gasteiger partial charge < -0.3 is 4.57 Å². The lowest BCUT2D eigenvalue weighted by Gasteiger charge is -2.25. The van der Waals surface area contributed by atoms with Gasteiger partial charge in [0.25, 0.3) is 0 Å². The molecule has 0 saturated heterocycles. The van der Waals surface area contributed by atoms with E-state index in [2.05, 4.69) is 22.7 Å². The molecular weight excluding hydrogens is 136 g/mol. The Hall–Kier alpha value is -0.790. The summed E-state index contributed by atoms with van der Waals surface area (Å²) >= 11 is 0. The molecule has 1 aliphatic carbocycles. The summed E-state index contributed by atoms with van der Waals surface area (Å²) in [5.74, 6) is 2.07. The van der Waals surface area contributed by atoms with Crippen molar-refractivity contribution in [1.82, 2.24) is 9.55 Å². The van der Waals surface area contributed by atoms with Crippen LogP contribution in [0.25, 0.3) is 0 Å². The molecule has 1 aromatic heterocycles.